The molecule has 0 aliphatic carbocycles. The number of amides is 1. The van der Waals surface area contributed by atoms with E-state index < -0.39 is 0 Å². The topological polar surface area (TPSA) is 37.9 Å². The molecule has 0 saturated carbocycles. The molecular formula is C8H11N3O. The Balaban J connectivity index is 2.31. The molecule has 1 aliphatic rings. The lowest BCUT2D eigenvalue weighted by Crippen LogP contribution is -2.10. The zero-order valence-electron chi connectivity index (χ0n) is 7.24. The van der Waals surface area contributed by atoms with E-state index in [-0.39, 0.29) is 5.91 Å². The molecule has 1 saturated heterocycles. The van der Waals surface area contributed by atoms with Crippen LogP contribution >= 0.6 is 0 Å². The van der Waals surface area contributed by atoms with Gasteiger partial charge in [0.25, 0.3) is 5.91 Å². The summed E-state index contributed by atoms with van der Waals surface area (Å²) in [7, 11) is 1.83. The average Bonchev–Trinajstić information content (AvgIpc) is 2.77. The van der Waals surface area contributed by atoms with Gasteiger partial charge in [0.1, 0.15) is 0 Å². The first-order chi connectivity index (χ1) is 5.68. The number of aryl methyl sites for hydroxylation is 2. The molecule has 2 heterocycles. The Kier molecular flexibility index (Phi) is 1.43. The minimum Gasteiger partial charge on any atom is -0.335 e. The highest BCUT2D eigenvalue weighted by Crippen LogP contribution is 2.13. The van der Waals surface area contributed by atoms with Crippen LogP contribution in [0.15, 0.2) is 6.20 Å². The van der Waals surface area contributed by atoms with E-state index in [0.29, 0.717) is 0 Å². The number of rotatable bonds is 1. The van der Waals surface area contributed by atoms with Gasteiger partial charge >= 0.3 is 0 Å². The third-order valence-corrected chi connectivity index (χ3v) is 1.98. The van der Waals surface area contributed by atoms with Crippen LogP contribution in [0.5, 0.6) is 0 Å². The summed E-state index contributed by atoms with van der Waals surface area (Å²) in [6.07, 6.45) is 1.77. The third-order valence-electron chi connectivity index (χ3n) is 1.98. The normalized spacial score (nSPS) is 15.0. The Morgan fingerprint density at radius 2 is 2.25 bits per heavy atom. The smallest absolute Gasteiger partial charge is 0.257 e. The van der Waals surface area contributed by atoms with Gasteiger partial charge in [0.2, 0.25) is 0 Å². The zero-order chi connectivity index (χ0) is 8.72. The van der Waals surface area contributed by atoms with Crippen molar-refractivity contribution in [1.82, 2.24) is 14.7 Å². The van der Waals surface area contributed by atoms with E-state index in [1.165, 1.54) is 0 Å². The Labute approximate surface area is 70.8 Å². The molecule has 4 heteroatoms. The second-order valence-corrected chi connectivity index (χ2v) is 3.09. The van der Waals surface area contributed by atoms with Crippen LogP contribution in [-0.2, 0) is 7.05 Å². The lowest BCUT2D eigenvalue weighted by molar-refractivity contribution is 0.0885. The zero-order valence-corrected chi connectivity index (χ0v) is 7.24. The number of aromatic nitrogens is 2. The first-order valence-electron chi connectivity index (χ1n) is 3.98. The van der Waals surface area contributed by atoms with E-state index in [4.69, 9.17) is 0 Å². The van der Waals surface area contributed by atoms with Crippen LogP contribution in [0.4, 0.5) is 0 Å². The highest BCUT2D eigenvalue weighted by atomic mass is 16.2. The fraction of sp³-hybridized carbons (Fsp3) is 0.500. The summed E-state index contributed by atoms with van der Waals surface area (Å²) in [4.78, 5) is 13.3. The van der Waals surface area contributed by atoms with E-state index >= 15 is 0 Å². The molecule has 1 aliphatic heterocycles. The first kappa shape index (κ1) is 7.34. The van der Waals surface area contributed by atoms with Crippen molar-refractivity contribution in [2.45, 2.75) is 6.92 Å². The molecule has 1 aromatic heterocycles. The SMILES string of the molecule is Cc1nn(C)cc1C(=O)N1CC1. The van der Waals surface area contributed by atoms with Crippen molar-refractivity contribution in [2.24, 2.45) is 7.05 Å². The molecule has 0 N–H and O–H groups in total. The van der Waals surface area contributed by atoms with Gasteiger partial charge < -0.3 is 4.90 Å². The van der Waals surface area contributed by atoms with Gasteiger partial charge in [-0.25, -0.2) is 0 Å². The number of carbonyl (C=O) groups is 1. The molecule has 1 fully saturated rings. The molecule has 12 heavy (non-hydrogen) atoms. The van der Waals surface area contributed by atoms with Crippen molar-refractivity contribution in [1.29, 1.82) is 0 Å². The lowest BCUT2D eigenvalue weighted by Gasteiger charge is -1.96. The lowest BCUT2D eigenvalue weighted by atomic mass is 10.2. The van der Waals surface area contributed by atoms with Crippen LogP contribution < -0.4 is 0 Å². The second kappa shape index (κ2) is 2.33. The molecule has 1 aromatic rings. The van der Waals surface area contributed by atoms with E-state index in [2.05, 4.69) is 5.10 Å². The molecule has 0 spiro atoms. The van der Waals surface area contributed by atoms with E-state index in [9.17, 15) is 4.79 Å². The monoisotopic (exact) mass is 165 g/mol. The minimum atomic E-state index is 0.112. The summed E-state index contributed by atoms with van der Waals surface area (Å²) in [5.74, 6) is 0.112. The van der Waals surface area contributed by atoms with E-state index in [1.807, 2.05) is 14.0 Å². The van der Waals surface area contributed by atoms with Gasteiger partial charge in [-0.1, -0.05) is 0 Å². The summed E-state index contributed by atoms with van der Waals surface area (Å²) in [5.41, 5.74) is 1.55. The quantitative estimate of drug-likeness (QED) is 0.557. The Morgan fingerprint density at radius 1 is 1.58 bits per heavy atom. The van der Waals surface area contributed by atoms with Crippen molar-refractivity contribution >= 4 is 5.91 Å². The summed E-state index contributed by atoms with van der Waals surface area (Å²) in [5, 5.41) is 4.11. The van der Waals surface area contributed by atoms with Crippen molar-refractivity contribution in [3.05, 3.63) is 17.5 Å². The molecular weight excluding hydrogens is 154 g/mol. The molecule has 0 bridgehead atoms. The van der Waals surface area contributed by atoms with Gasteiger partial charge in [0, 0.05) is 26.3 Å². The van der Waals surface area contributed by atoms with Crippen LogP contribution in [0.1, 0.15) is 16.1 Å². The maximum absolute atomic E-state index is 11.5. The number of hydrogen-bond acceptors (Lipinski definition) is 2. The summed E-state index contributed by atoms with van der Waals surface area (Å²) >= 11 is 0. The first-order valence-corrected chi connectivity index (χ1v) is 3.98. The summed E-state index contributed by atoms with van der Waals surface area (Å²) in [6.45, 7) is 3.65. The third kappa shape index (κ3) is 1.09. The van der Waals surface area contributed by atoms with Crippen molar-refractivity contribution < 1.29 is 4.79 Å². The Hall–Kier alpha value is -1.32. The minimum absolute atomic E-state index is 0.112. The van der Waals surface area contributed by atoms with Gasteiger partial charge in [-0.3, -0.25) is 9.48 Å². The van der Waals surface area contributed by atoms with E-state index in [1.54, 1.807) is 15.8 Å². The molecule has 0 atom stereocenters. The Bertz CT molecular complexity index is 325. The fourth-order valence-electron chi connectivity index (χ4n) is 1.23. The van der Waals surface area contributed by atoms with Crippen LogP contribution in [0, 0.1) is 6.92 Å². The predicted octanol–water partition coefficient (Wildman–Crippen LogP) is 0.184. The molecule has 0 radical (unpaired) electrons. The average molecular weight is 165 g/mol. The van der Waals surface area contributed by atoms with Crippen LogP contribution in [0.25, 0.3) is 0 Å². The van der Waals surface area contributed by atoms with Crippen LogP contribution in [0.3, 0.4) is 0 Å². The van der Waals surface area contributed by atoms with Gasteiger partial charge in [-0.2, -0.15) is 5.10 Å². The predicted molar refractivity (Wildman–Crippen MR) is 43.8 cm³/mol. The van der Waals surface area contributed by atoms with Crippen molar-refractivity contribution in [3.63, 3.8) is 0 Å². The highest BCUT2D eigenvalue weighted by molar-refractivity contribution is 5.96. The van der Waals surface area contributed by atoms with Gasteiger partial charge in [-0.05, 0) is 6.92 Å². The highest BCUT2D eigenvalue weighted by Gasteiger charge is 2.27. The fourth-order valence-corrected chi connectivity index (χ4v) is 1.23. The molecule has 4 nitrogen and oxygen atoms in total. The van der Waals surface area contributed by atoms with E-state index in [0.717, 1.165) is 24.3 Å². The maximum Gasteiger partial charge on any atom is 0.257 e. The molecule has 0 aromatic carbocycles. The molecule has 2 rings (SSSR count). The van der Waals surface area contributed by atoms with Crippen molar-refractivity contribution in [2.75, 3.05) is 13.1 Å². The number of nitrogens with zero attached hydrogens (tertiary/aromatic N) is 3. The summed E-state index contributed by atoms with van der Waals surface area (Å²) in [6, 6.07) is 0. The standard InChI is InChI=1S/C8H11N3O/c1-6-7(5-10(2)9-6)8(12)11-3-4-11/h5H,3-4H2,1-2H3. The maximum atomic E-state index is 11.5. The summed E-state index contributed by atoms with van der Waals surface area (Å²) < 4.78 is 1.67. The van der Waals surface area contributed by atoms with Gasteiger partial charge in [-0.15, -0.1) is 0 Å². The number of carbonyl (C=O) groups excluding carboxylic acids is 1. The molecule has 64 valence electrons. The number of hydrogen-bond donors (Lipinski definition) is 0. The van der Waals surface area contributed by atoms with Crippen LogP contribution in [-0.4, -0.2) is 33.7 Å². The van der Waals surface area contributed by atoms with Crippen LogP contribution in [0.2, 0.25) is 0 Å². The van der Waals surface area contributed by atoms with Gasteiger partial charge in [0.05, 0.1) is 11.3 Å². The Morgan fingerprint density at radius 3 is 2.67 bits per heavy atom. The second-order valence-electron chi connectivity index (χ2n) is 3.09. The van der Waals surface area contributed by atoms with Crippen molar-refractivity contribution in [3.8, 4) is 0 Å². The molecule has 0 unspecified atom stereocenters. The molecule has 1 amide bonds. The van der Waals surface area contributed by atoms with Gasteiger partial charge in [0.15, 0.2) is 0 Å². The largest absolute Gasteiger partial charge is 0.335 e.